The van der Waals surface area contributed by atoms with Crippen molar-refractivity contribution in [1.82, 2.24) is 0 Å². The van der Waals surface area contributed by atoms with Crippen molar-refractivity contribution in [1.29, 1.82) is 0 Å². The number of phosphoric acid groups is 2. The van der Waals surface area contributed by atoms with Crippen LogP contribution in [0.5, 0.6) is 0 Å². The van der Waals surface area contributed by atoms with Gasteiger partial charge in [-0.3, -0.25) is 37.3 Å². The van der Waals surface area contributed by atoms with Crippen LogP contribution in [0.2, 0.25) is 0 Å². The molecule has 0 aliphatic heterocycles. The Labute approximate surface area is 650 Å². The predicted molar refractivity (Wildman–Crippen MR) is 437 cm³/mol. The second-order valence-electron chi connectivity index (χ2n) is 31.3. The highest BCUT2D eigenvalue weighted by atomic mass is 31.2. The van der Waals surface area contributed by atoms with Gasteiger partial charge in [0.1, 0.15) is 19.3 Å². The summed E-state index contributed by atoms with van der Waals surface area (Å²) < 4.78 is 68.9. The van der Waals surface area contributed by atoms with Crippen molar-refractivity contribution in [2.45, 2.75) is 458 Å². The standard InChI is InChI=1S/C87H166O17P2/c1-7-10-12-14-16-18-20-22-24-25-26-27-28-29-30-32-38-42-46-54-60-66-72-86(91)103-82(75-97-84(89)69-63-57-51-44-40-36-34-33-35-39-43-50-56-62-68-80(6)9-3)77-101-105(93,94)99-73-81(88)74-100-106(95,96)102-78-83(76-98-85(90)70-64-58-52-48-47-49-55-61-67-79(4)5)104-87(92)71-65-59-53-45-41-37-31-23-21-19-17-15-13-11-8-2/h19,21,23,31,79-83,88H,7-18,20,22,24-30,32-78H2,1-6H3,(H,93,94)(H,95,96)/b21-19-,31-23-/t80?,81-,82-,83-/m1/s1. The highest BCUT2D eigenvalue weighted by Gasteiger charge is 2.30. The Balaban J connectivity index is 5.26. The lowest BCUT2D eigenvalue weighted by Crippen LogP contribution is -2.30. The molecule has 0 aromatic heterocycles. The molecule has 0 heterocycles. The molecule has 626 valence electrons. The Kier molecular flexibility index (Phi) is 76.0. The van der Waals surface area contributed by atoms with Gasteiger partial charge in [0.2, 0.25) is 0 Å². The second-order valence-corrected chi connectivity index (χ2v) is 34.2. The lowest BCUT2D eigenvalue weighted by Gasteiger charge is -2.21. The third-order valence-corrected chi connectivity index (χ3v) is 22.1. The van der Waals surface area contributed by atoms with Gasteiger partial charge in [0.15, 0.2) is 12.2 Å². The van der Waals surface area contributed by atoms with Crippen molar-refractivity contribution >= 4 is 39.5 Å². The van der Waals surface area contributed by atoms with E-state index in [1.54, 1.807) is 0 Å². The first-order chi connectivity index (χ1) is 51.4. The fraction of sp³-hybridized carbons (Fsp3) is 0.908. The Hall–Kier alpha value is -2.46. The molecule has 0 bridgehead atoms. The number of aliphatic hydroxyl groups is 1. The van der Waals surface area contributed by atoms with Gasteiger partial charge in [0, 0.05) is 25.7 Å². The number of esters is 4. The van der Waals surface area contributed by atoms with Gasteiger partial charge in [-0.1, -0.05) is 387 Å². The number of unbranched alkanes of at least 4 members (excludes halogenated alkanes) is 50. The number of hydrogen-bond acceptors (Lipinski definition) is 15. The molecule has 0 aliphatic carbocycles. The summed E-state index contributed by atoms with van der Waals surface area (Å²) >= 11 is 0. The van der Waals surface area contributed by atoms with Gasteiger partial charge in [-0.15, -0.1) is 0 Å². The third-order valence-electron chi connectivity index (χ3n) is 20.2. The van der Waals surface area contributed by atoms with Gasteiger partial charge in [0.25, 0.3) is 0 Å². The summed E-state index contributed by atoms with van der Waals surface area (Å²) in [5, 5.41) is 10.7. The summed E-state index contributed by atoms with van der Waals surface area (Å²) in [5.74, 6) is -0.562. The van der Waals surface area contributed by atoms with E-state index in [2.05, 4.69) is 65.8 Å². The number of allylic oxidation sites excluding steroid dienone is 4. The summed E-state index contributed by atoms with van der Waals surface area (Å²) in [5.41, 5.74) is 0. The molecular formula is C87H166O17P2. The zero-order chi connectivity index (χ0) is 77.8. The second kappa shape index (κ2) is 77.8. The van der Waals surface area contributed by atoms with Gasteiger partial charge < -0.3 is 33.8 Å². The Bertz CT molecular complexity index is 2130. The smallest absolute Gasteiger partial charge is 0.462 e. The molecule has 19 heteroatoms. The summed E-state index contributed by atoms with van der Waals surface area (Å²) in [6.45, 7) is 9.62. The monoisotopic (exact) mass is 1550 g/mol. The molecule has 0 radical (unpaired) electrons. The number of rotatable bonds is 84. The SMILES string of the molecule is CCCCCC/C=C\C=C/CCCCCCCC(=O)O[C@H](COC(=O)CCCCCCCCCCC(C)C)COP(=O)(O)OC[C@H](O)COP(=O)(O)OC[C@@H](COC(=O)CCCCCCCCCCCCCCCCC(C)CC)OC(=O)CCCCCCCCCCCCCCCCCCCCCCCC. The summed E-state index contributed by atoms with van der Waals surface area (Å²) in [7, 11) is -9.94. The van der Waals surface area contributed by atoms with E-state index in [-0.39, 0.29) is 25.7 Å². The highest BCUT2D eigenvalue weighted by molar-refractivity contribution is 7.47. The van der Waals surface area contributed by atoms with Gasteiger partial charge in [0.05, 0.1) is 26.4 Å². The van der Waals surface area contributed by atoms with E-state index in [0.29, 0.717) is 25.7 Å². The van der Waals surface area contributed by atoms with Crippen LogP contribution in [0.3, 0.4) is 0 Å². The molecule has 0 saturated carbocycles. The molecule has 3 N–H and O–H groups in total. The zero-order valence-electron chi connectivity index (χ0n) is 69.2. The maximum absolute atomic E-state index is 13.2. The molecule has 0 saturated heterocycles. The Morgan fingerprint density at radius 2 is 0.557 bits per heavy atom. The van der Waals surface area contributed by atoms with Gasteiger partial charge in [-0.2, -0.15) is 0 Å². The van der Waals surface area contributed by atoms with Crippen molar-refractivity contribution in [2.75, 3.05) is 39.6 Å². The minimum Gasteiger partial charge on any atom is -0.462 e. The predicted octanol–water partition coefficient (Wildman–Crippen LogP) is 26.2. The number of carbonyl (C=O) groups excluding carboxylic acids is 4. The first-order valence-electron chi connectivity index (χ1n) is 44.3. The number of carbonyl (C=O) groups is 4. The van der Waals surface area contributed by atoms with E-state index >= 15 is 0 Å². The van der Waals surface area contributed by atoms with E-state index < -0.39 is 97.5 Å². The Morgan fingerprint density at radius 1 is 0.311 bits per heavy atom. The van der Waals surface area contributed by atoms with Gasteiger partial charge >= 0.3 is 39.5 Å². The summed E-state index contributed by atoms with van der Waals surface area (Å²) in [6.07, 6.45) is 73.1. The molecule has 0 aliphatic rings. The van der Waals surface area contributed by atoms with Crippen LogP contribution in [0.4, 0.5) is 0 Å². The van der Waals surface area contributed by atoms with Crippen LogP contribution in [0.15, 0.2) is 24.3 Å². The minimum absolute atomic E-state index is 0.0847. The molecular weight excluding hydrogens is 1380 g/mol. The number of ether oxygens (including phenoxy) is 4. The number of aliphatic hydroxyl groups excluding tert-OH is 1. The van der Waals surface area contributed by atoms with Crippen molar-refractivity contribution in [2.24, 2.45) is 11.8 Å². The maximum Gasteiger partial charge on any atom is 0.472 e. The zero-order valence-corrected chi connectivity index (χ0v) is 71.0. The van der Waals surface area contributed by atoms with Crippen molar-refractivity contribution in [3.63, 3.8) is 0 Å². The summed E-state index contributed by atoms with van der Waals surface area (Å²) in [6, 6.07) is 0. The highest BCUT2D eigenvalue weighted by Crippen LogP contribution is 2.45. The minimum atomic E-state index is -4.97. The number of phosphoric ester groups is 2. The van der Waals surface area contributed by atoms with E-state index in [4.69, 9.17) is 37.0 Å². The van der Waals surface area contributed by atoms with Crippen molar-refractivity contribution < 1.29 is 80.2 Å². The first-order valence-corrected chi connectivity index (χ1v) is 47.3. The number of hydrogen-bond donors (Lipinski definition) is 3. The van der Waals surface area contributed by atoms with E-state index in [1.807, 2.05) is 0 Å². The van der Waals surface area contributed by atoms with Crippen LogP contribution in [-0.2, 0) is 65.4 Å². The molecule has 6 atom stereocenters. The Morgan fingerprint density at radius 3 is 0.849 bits per heavy atom. The molecule has 0 aromatic carbocycles. The van der Waals surface area contributed by atoms with E-state index in [0.717, 1.165) is 121 Å². The molecule has 106 heavy (non-hydrogen) atoms. The lowest BCUT2D eigenvalue weighted by molar-refractivity contribution is -0.161. The molecule has 17 nitrogen and oxygen atoms in total. The average Bonchev–Trinajstić information content (AvgIpc) is 0.912. The molecule has 0 rings (SSSR count). The largest absolute Gasteiger partial charge is 0.472 e. The quantitative estimate of drug-likeness (QED) is 0.0169. The van der Waals surface area contributed by atoms with Crippen LogP contribution >= 0.6 is 15.6 Å². The lowest BCUT2D eigenvalue weighted by atomic mass is 9.99. The van der Waals surface area contributed by atoms with Crippen molar-refractivity contribution in [3.05, 3.63) is 24.3 Å². The summed E-state index contributed by atoms with van der Waals surface area (Å²) in [4.78, 5) is 73.2. The molecule has 3 unspecified atom stereocenters. The molecule has 0 spiro atoms. The molecule has 0 fully saturated rings. The topological polar surface area (TPSA) is 237 Å². The van der Waals surface area contributed by atoms with E-state index in [1.165, 1.54) is 238 Å². The maximum atomic E-state index is 13.2. The van der Waals surface area contributed by atoms with Crippen molar-refractivity contribution in [3.8, 4) is 0 Å². The van der Waals surface area contributed by atoms with Crippen LogP contribution < -0.4 is 0 Å². The van der Waals surface area contributed by atoms with E-state index in [9.17, 15) is 43.2 Å². The van der Waals surface area contributed by atoms with Gasteiger partial charge in [-0.25, -0.2) is 9.13 Å². The van der Waals surface area contributed by atoms with Gasteiger partial charge in [-0.05, 0) is 63.2 Å². The molecule has 0 amide bonds. The molecule has 0 aromatic rings. The van der Waals surface area contributed by atoms with Crippen LogP contribution in [-0.4, -0.2) is 96.7 Å². The fourth-order valence-electron chi connectivity index (χ4n) is 13.0. The normalized spacial score (nSPS) is 14.2. The van der Waals surface area contributed by atoms with Crippen LogP contribution in [0, 0.1) is 11.8 Å². The first kappa shape index (κ1) is 104. The average molecular weight is 1550 g/mol. The third kappa shape index (κ3) is 78.2. The van der Waals surface area contributed by atoms with Crippen LogP contribution in [0.1, 0.15) is 440 Å². The van der Waals surface area contributed by atoms with Crippen LogP contribution in [0.25, 0.3) is 0 Å². The fourth-order valence-corrected chi connectivity index (χ4v) is 14.6.